The number of nitrogens with zero attached hydrogens (tertiary/aromatic N) is 2. The number of amides is 1. The Morgan fingerprint density at radius 1 is 1.14 bits per heavy atom. The summed E-state index contributed by atoms with van der Waals surface area (Å²) in [6.07, 6.45) is 0. The monoisotopic (exact) mass is 415 g/mol. The first kappa shape index (κ1) is 20.6. The minimum atomic E-state index is -3.76. The van der Waals surface area contributed by atoms with E-state index in [9.17, 15) is 13.2 Å². The standard InChI is InChI=1S/C20H21N3O5S/c1-13-18(19(22-28-13)14-8-6-5-7-9-14)20(24)21-15-10-11-16(27-4)17(12-15)29(25,26)23(2)3/h5-12H,1-4H3,(H,21,24). The Hall–Kier alpha value is -3.17. The minimum Gasteiger partial charge on any atom is -0.495 e. The second-order valence-corrected chi connectivity index (χ2v) is 8.56. The molecule has 0 radical (unpaired) electrons. The number of hydrogen-bond acceptors (Lipinski definition) is 6. The Morgan fingerprint density at radius 2 is 1.83 bits per heavy atom. The van der Waals surface area contributed by atoms with Crippen LogP contribution in [0, 0.1) is 6.92 Å². The smallest absolute Gasteiger partial charge is 0.261 e. The van der Waals surface area contributed by atoms with Crippen molar-refractivity contribution in [2.45, 2.75) is 11.8 Å². The van der Waals surface area contributed by atoms with Crippen LogP contribution in [0.1, 0.15) is 16.1 Å². The maximum absolute atomic E-state index is 12.9. The van der Waals surface area contributed by atoms with Crippen molar-refractivity contribution >= 4 is 21.6 Å². The van der Waals surface area contributed by atoms with Crippen LogP contribution < -0.4 is 10.1 Å². The molecule has 0 bridgehead atoms. The normalized spacial score (nSPS) is 11.5. The number of rotatable bonds is 6. The summed E-state index contributed by atoms with van der Waals surface area (Å²) < 4.78 is 36.6. The number of anilines is 1. The van der Waals surface area contributed by atoms with Crippen molar-refractivity contribution < 1.29 is 22.5 Å². The van der Waals surface area contributed by atoms with Gasteiger partial charge in [0.25, 0.3) is 5.91 Å². The summed E-state index contributed by atoms with van der Waals surface area (Å²) in [4.78, 5) is 12.9. The van der Waals surface area contributed by atoms with Crippen LogP contribution in [0.3, 0.4) is 0 Å². The zero-order valence-electron chi connectivity index (χ0n) is 16.5. The second kappa shape index (κ2) is 8.06. The number of ether oxygens (including phenoxy) is 1. The van der Waals surface area contributed by atoms with E-state index in [1.165, 1.54) is 33.3 Å². The number of aryl methyl sites for hydroxylation is 1. The topological polar surface area (TPSA) is 102 Å². The Bertz CT molecular complexity index is 1140. The molecule has 0 saturated carbocycles. The van der Waals surface area contributed by atoms with E-state index >= 15 is 0 Å². The molecule has 2 aromatic carbocycles. The van der Waals surface area contributed by atoms with Crippen LogP contribution in [-0.2, 0) is 10.0 Å². The molecule has 0 aliphatic rings. The van der Waals surface area contributed by atoms with Crippen molar-refractivity contribution in [2.24, 2.45) is 0 Å². The van der Waals surface area contributed by atoms with E-state index in [0.29, 0.717) is 17.1 Å². The summed E-state index contributed by atoms with van der Waals surface area (Å²) in [5, 5.41) is 6.72. The van der Waals surface area contributed by atoms with Gasteiger partial charge in [0.15, 0.2) is 0 Å². The largest absolute Gasteiger partial charge is 0.495 e. The predicted octanol–water partition coefficient (Wildman–Crippen LogP) is 3.16. The van der Waals surface area contributed by atoms with Crippen LogP contribution in [-0.4, -0.2) is 45.0 Å². The molecule has 0 unspecified atom stereocenters. The molecule has 1 aromatic heterocycles. The summed E-state index contributed by atoms with van der Waals surface area (Å²) in [6.45, 7) is 1.64. The van der Waals surface area contributed by atoms with Crippen LogP contribution in [0.5, 0.6) is 5.75 Å². The number of carbonyl (C=O) groups excluding carboxylic acids is 1. The first-order valence-electron chi connectivity index (χ1n) is 8.69. The third kappa shape index (κ3) is 4.01. The Balaban J connectivity index is 1.98. The summed E-state index contributed by atoms with van der Waals surface area (Å²) >= 11 is 0. The van der Waals surface area contributed by atoms with E-state index in [4.69, 9.17) is 9.26 Å². The molecule has 1 heterocycles. The van der Waals surface area contributed by atoms with Gasteiger partial charge in [0.05, 0.1) is 7.11 Å². The maximum atomic E-state index is 12.9. The maximum Gasteiger partial charge on any atom is 0.261 e. The molecular formula is C20H21N3O5S. The van der Waals surface area contributed by atoms with Crippen LogP contribution in [0.4, 0.5) is 5.69 Å². The molecule has 1 N–H and O–H groups in total. The zero-order chi connectivity index (χ0) is 21.2. The van der Waals surface area contributed by atoms with Gasteiger partial charge in [0, 0.05) is 25.3 Å². The quantitative estimate of drug-likeness (QED) is 0.664. The van der Waals surface area contributed by atoms with E-state index in [1.54, 1.807) is 13.0 Å². The van der Waals surface area contributed by atoms with Crippen LogP contribution >= 0.6 is 0 Å². The number of nitrogens with one attached hydrogen (secondary N) is 1. The number of sulfonamides is 1. The van der Waals surface area contributed by atoms with E-state index in [2.05, 4.69) is 10.5 Å². The fraction of sp³-hybridized carbons (Fsp3) is 0.200. The predicted molar refractivity (Wildman–Crippen MR) is 108 cm³/mol. The van der Waals surface area contributed by atoms with Crippen LogP contribution in [0.15, 0.2) is 57.9 Å². The average molecular weight is 415 g/mol. The van der Waals surface area contributed by atoms with Crippen molar-refractivity contribution in [3.05, 3.63) is 59.9 Å². The summed E-state index contributed by atoms with van der Waals surface area (Å²) in [7, 11) is 0.466. The van der Waals surface area contributed by atoms with Crippen molar-refractivity contribution in [1.29, 1.82) is 0 Å². The zero-order valence-corrected chi connectivity index (χ0v) is 17.3. The van der Waals surface area contributed by atoms with Gasteiger partial charge in [-0.25, -0.2) is 12.7 Å². The summed E-state index contributed by atoms with van der Waals surface area (Å²) in [5.41, 5.74) is 1.73. The molecule has 3 rings (SSSR count). The van der Waals surface area contributed by atoms with Crippen molar-refractivity contribution in [3.63, 3.8) is 0 Å². The first-order chi connectivity index (χ1) is 13.8. The van der Waals surface area contributed by atoms with Gasteiger partial charge in [-0.15, -0.1) is 0 Å². The third-order valence-electron chi connectivity index (χ3n) is 4.32. The highest BCUT2D eigenvalue weighted by Crippen LogP contribution is 2.30. The molecule has 152 valence electrons. The van der Waals surface area contributed by atoms with Gasteiger partial charge in [-0.1, -0.05) is 35.5 Å². The number of methoxy groups -OCH3 is 1. The molecule has 3 aromatic rings. The number of hydrogen-bond donors (Lipinski definition) is 1. The van der Waals surface area contributed by atoms with Crippen molar-refractivity contribution in [2.75, 3.05) is 26.5 Å². The lowest BCUT2D eigenvalue weighted by Gasteiger charge is -2.16. The number of aromatic nitrogens is 1. The molecular weight excluding hydrogens is 394 g/mol. The molecule has 8 nitrogen and oxygen atoms in total. The van der Waals surface area contributed by atoms with E-state index in [0.717, 1.165) is 9.87 Å². The third-order valence-corrected chi connectivity index (χ3v) is 6.15. The molecule has 0 aliphatic heterocycles. The summed E-state index contributed by atoms with van der Waals surface area (Å²) in [5.74, 6) is 0.0832. The van der Waals surface area contributed by atoms with Gasteiger partial charge in [-0.05, 0) is 25.1 Å². The molecule has 0 saturated heterocycles. The molecule has 29 heavy (non-hydrogen) atoms. The average Bonchev–Trinajstić information content (AvgIpc) is 3.10. The SMILES string of the molecule is COc1ccc(NC(=O)c2c(-c3ccccc3)noc2C)cc1S(=O)(=O)N(C)C. The Morgan fingerprint density at radius 3 is 2.45 bits per heavy atom. The highest BCUT2D eigenvalue weighted by Gasteiger charge is 2.25. The molecule has 0 spiro atoms. The summed E-state index contributed by atoms with van der Waals surface area (Å²) in [6, 6.07) is 13.6. The molecule has 9 heteroatoms. The molecule has 0 atom stereocenters. The highest BCUT2D eigenvalue weighted by molar-refractivity contribution is 7.89. The van der Waals surface area contributed by atoms with Gasteiger partial charge in [-0.3, -0.25) is 4.79 Å². The minimum absolute atomic E-state index is 0.0480. The number of benzene rings is 2. The van der Waals surface area contributed by atoms with Crippen molar-refractivity contribution in [3.8, 4) is 17.0 Å². The van der Waals surface area contributed by atoms with Gasteiger partial charge in [-0.2, -0.15) is 0 Å². The molecule has 0 aliphatic carbocycles. The van der Waals surface area contributed by atoms with Crippen LogP contribution in [0.25, 0.3) is 11.3 Å². The van der Waals surface area contributed by atoms with E-state index < -0.39 is 15.9 Å². The van der Waals surface area contributed by atoms with Gasteiger partial charge in [0.2, 0.25) is 10.0 Å². The Kier molecular flexibility index (Phi) is 5.71. The van der Waals surface area contributed by atoms with E-state index in [1.807, 2.05) is 30.3 Å². The van der Waals surface area contributed by atoms with Gasteiger partial charge >= 0.3 is 0 Å². The van der Waals surface area contributed by atoms with E-state index in [-0.39, 0.29) is 16.2 Å². The fourth-order valence-electron chi connectivity index (χ4n) is 2.78. The lowest BCUT2D eigenvalue weighted by atomic mass is 10.1. The van der Waals surface area contributed by atoms with Crippen molar-refractivity contribution in [1.82, 2.24) is 9.46 Å². The van der Waals surface area contributed by atoms with Gasteiger partial charge in [0.1, 0.15) is 27.7 Å². The second-order valence-electron chi connectivity index (χ2n) is 6.44. The first-order valence-corrected chi connectivity index (χ1v) is 10.1. The van der Waals surface area contributed by atoms with Gasteiger partial charge < -0.3 is 14.6 Å². The van der Waals surface area contributed by atoms with Crippen LogP contribution in [0.2, 0.25) is 0 Å². The number of carbonyl (C=O) groups is 1. The Labute approximate surface area is 169 Å². The fourth-order valence-corrected chi connectivity index (χ4v) is 3.85. The molecule has 0 fully saturated rings. The lowest BCUT2D eigenvalue weighted by Crippen LogP contribution is -2.23. The molecule has 1 amide bonds. The lowest BCUT2D eigenvalue weighted by molar-refractivity contribution is 0.102. The highest BCUT2D eigenvalue weighted by atomic mass is 32.2.